The molecule has 0 saturated heterocycles. The highest BCUT2D eigenvalue weighted by molar-refractivity contribution is 5.79. The molecule has 0 spiro atoms. The predicted molar refractivity (Wildman–Crippen MR) is 86.0 cm³/mol. The van der Waals surface area contributed by atoms with Gasteiger partial charge in [-0.3, -0.25) is 4.99 Å². The fraction of sp³-hybridized carbons (Fsp3) is 0.600. The number of rotatable bonds is 4. The minimum Gasteiger partial charge on any atom is -0.444 e. The first-order valence-corrected chi connectivity index (χ1v) is 7.50. The van der Waals surface area contributed by atoms with E-state index < -0.39 is 0 Å². The number of aryl methyl sites for hydroxylation is 2. The van der Waals surface area contributed by atoms with E-state index in [0.717, 1.165) is 11.5 Å². The van der Waals surface area contributed by atoms with E-state index in [9.17, 15) is 0 Å². The second-order valence-corrected chi connectivity index (χ2v) is 6.29. The summed E-state index contributed by atoms with van der Waals surface area (Å²) in [5.74, 6) is 3.26. The van der Waals surface area contributed by atoms with Gasteiger partial charge in [0, 0.05) is 12.5 Å². The van der Waals surface area contributed by atoms with Gasteiger partial charge in [-0.2, -0.15) is 4.98 Å². The lowest BCUT2D eigenvalue weighted by atomic mass is 9.97. The number of nitrogens with zero attached hydrogens (tertiary/aromatic N) is 4. The lowest BCUT2D eigenvalue weighted by molar-refractivity contribution is 0.318. The Balaban J connectivity index is 1.86. The molecular formula is C15H24N6O2. The quantitative estimate of drug-likeness (QED) is 0.654. The summed E-state index contributed by atoms with van der Waals surface area (Å²) in [6.07, 6.45) is 0. The highest BCUT2D eigenvalue weighted by atomic mass is 16.5. The van der Waals surface area contributed by atoms with Gasteiger partial charge in [-0.15, -0.1) is 0 Å². The maximum Gasteiger partial charge on any atom is 0.232 e. The van der Waals surface area contributed by atoms with Gasteiger partial charge in [0.25, 0.3) is 0 Å². The monoisotopic (exact) mass is 320 g/mol. The van der Waals surface area contributed by atoms with Crippen molar-refractivity contribution in [1.29, 1.82) is 0 Å². The maximum absolute atomic E-state index is 5.52. The van der Waals surface area contributed by atoms with Crippen molar-refractivity contribution in [2.24, 2.45) is 4.99 Å². The lowest BCUT2D eigenvalue weighted by Gasteiger charge is -2.10. The molecule has 0 aliphatic rings. The van der Waals surface area contributed by atoms with Crippen LogP contribution in [0.3, 0.4) is 0 Å². The van der Waals surface area contributed by atoms with Gasteiger partial charge in [0.15, 0.2) is 11.8 Å². The van der Waals surface area contributed by atoms with E-state index in [-0.39, 0.29) is 5.41 Å². The highest BCUT2D eigenvalue weighted by Gasteiger charge is 2.21. The minimum atomic E-state index is -0.161. The van der Waals surface area contributed by atoms with Gasteiger partial charge >= 0.3 is 0 Å². The van der Waals surface area contributed by atoms with Crippen LogP contribution in [0.25, 0.3) is 0 Å². The standard InChI is InChI=1S/C15H24N6O2/c1-9-10(2)22-12(19-9)8-18-14(16-6)17-7-11-20-13(23-21-11)15(3,4)5/h7-8H2,1-6H3,(H2,16,17,18). The summed E-state index contributed by atoms with van der Waals surface area (Å²) in [6.45, 7) is 10.8. The summed E-state index contributed by atoms with van der Waals surface area (Å²) < 4.78 is 10.8. The Morgan fingerprint density at radius 3 is 2.35 bits per heavy atom. The van der Waals surface area contributed by atoms with E-state index in [1.807, 2.05) is 34.6 Å². The average molecular weight is 320 g/mol. The predicted octanol–water partition coefficient (Wildman–Crippen LogP) is 1.84. The largest absolute Gasteiger partial charge is 0.444 e. The first-order chi connectivity index (χ1) is 10.8. The number of hydrogen-bond acceptors (Lipinski definition) is 6. The number of guanidine groups is 1. The number of nitrogens with one attached hydrogen (secondary N) is 2. The van der Waals surface area contributed by atoms with Crippen LogP contribution in [0.2, 0.25) is 0 Å². The van der Waals surface area contributed by atoms with Crippen molar-refractivity contribution in [3.05, 3.63) is 29.1 Å². The van der Waals surface area contributed by atoms with Crippen LogP contribution in [-0.2, 0) is 18.5 Å². The third-order valence-corrected chi connectivity index (χ3v) is 3.23. The van der Waals surface area contributed by atoms with Gasteiger partial charge in [0.2, 0.25) is 11.8 Å². The maximum atomic E-state index is 5.52. The summed E-state index contributed by atoms with van der Waals surface area (Å²) >= 11 is 0. The molecule has 2 heterocycles. The molecule has 2 rings (SSSR count). The van der Waals surface area contributed by atoms with Crippen LogP contribution in [0.5, 0.6) is 0 Å². The molecule has 2 aromatic heterocycles. The fourth-order valence-electron chi connectivity index (χ4n) is 1.79. The molecule has 0 atom stereocenters. The Bertz CT molecular complexity index is 661. The number of oxazole rings is 1. The molecule has 0 aliphatic heterocycles. The fourth-order valence-corrected chi connectivity index (χ4v) is 1.79. The van der Waals surface area contributed by atoms with Gasteiger partial charge in [0.05, 0.1) is 18.8 Å². The third kappa shape index (κ3) is 4.54. The second-order valence-electron chi connectivity index (χ2n) is 6.29. The molecule has 0 saturated carbocycles. The number of aliphatic imine (C=N–C) groups is 1. The van der Waals surface area contributed by atoms with E-state index in [1.165, 1.54) is 0 Å². The van der Waals surface area contributed by atoms with Crippen LogP contribution in [-0.4, -0.2) is 28.1 Å². The first kappa shape index (κ1) is 17.0. The molecule has 0 aliphatic carbocycles. The number of hydrogen-bond donors (Lipinski definition) is 2. The molecule has 0 radical (unpaired) electrons. The van der Waals surface area contributed by atoms with Gasteiger partial charge in [-0.25, -0.2) is 4.98 Å². The van der Waals surface area contributed by atoms with Crippen molar-refractivity contribution in [2.45, 2.75) is 53.1 Å². The van der Waals surface area contributed by atoms with Crippen molar-refractivity contribution < 1.29 is 8.94 Å². The SMILES string of the molecule is CN=C(NCc1noc(C(C)(C)C)n1)NCc1nc(C)c(C)o1. The smallest absolute Gasteiger partial charge is 0.232 e. The molecule has 0 aromatic carbocycles. The first-order valence-electron chi connectivity index (χ1n) is 7.50. The van der Waals surface area contributed by atoms with E-state index in [0.29, 0.717) is 36.7 Å². The summed E-state index contributed by atoms with van der Waals surface area (Å²) in [4.78, 5) is 12.8. The van der Waals surface area contributed by atoms with Crippen molar-refractivity contribution in [3.8, 4) is 0 Å². The van der Waals surface area contributed by atoms with Gasteiger partial charge in [-0.05, 0) is 13.8 Å². The third-order valence-electron chi connectivity index (χ3n) is 3.23. The molecule has 23 heavy (non-hydrogen) atoms. The molecule has 8 nitrogen and oxygen atoms in total. The minimum absolute atomic E-state index is 0.161. The van der Waals surface area contributed by atoms with E-state index in [1.54, 1.807) is 7.05 Å². The van der Waals surface area contributed by atoms with Crippen LogP contribution in [0.4, 0.5) is 0 Å². The molecular weight excluding hydrogens is 296 g/mol. The lowest BCUT2D eigenvalue weighted by Crippen LogP contribution is -2.36. The summed E-state index contributed by atoms with van der Waals surface area (Å²) in [6, 6.07) is 0. The average Bonchev–Trinajstić information content (AvgIpc) is 3.06. The van der Waals surface area contributed by atoms with E-state index >= 15 is 0 Å². The van der Waals surface area contributed by atoms with Crippen LogP contribution < -0.4 is 10.6 Å². The van der Waals surface area contributed by atoms with Crippen LogP contribution >= 0.6 is 0 Å². The number of aromatic nitrogens is 3. The molecule has 2 aromatic rings. The molecule has 0 unspecified atom stereocenters. The molecule has 0 amide bonds. The summed E-state index contributed by atoms with van der Waals surface area (Å²) in [5, 5.41) is 10.2. The molecule has 8 heteroatoms. The summed E-state index contributed by atoms with van der Waals surface area (Å²) in [7, 11) is 1.69. The Morgan fingerprint density at radius 2 is 1.83 bits per heavy atom. The normalized spacial score (nSPS) is 12.5. The Labute approximate surface area is 135 Å². The topological polar surface area (TPSA) is 101 Å². The van der Waals surface area contributed by atoms with Crippen molar-refractivity contribution >= 4 is 5.96 Å². The van der Waals surface area contributed by atoms with Crippen molar-refractivity contribution in [1.82, 2.24) is 25.8 Å². The molecule has 0 fully saturated rings. The molecule has 2 N–H and O–H groups in total. The van der Waals surface area contributed by atoms with Crippen LogP contribution in [0, 0.1) is 13.8 Å². The van der Waals surface area contributed by atoms with Gasteiger partial charge in [-0.1, -0.05) is 25.9 Å². The Morgan fingerprint density at radius 1 is 1.13 bits per heavy atom. The van der Waals surface area contributed by atoms with Crippen molar-refractivity contribution in [2.75, 3.05) is 7.05 Å². The van der Waals surface area contributed by atoms with Crippen LogP contribution in [0.15, 0.2) is 13.9 Å². The zero-order chi connectivity index (χ0) is 17.0. The van der Waals surface area contributed by atoms with Crippen LogP contribution in [0.1, 0.15) is 49.8 Å². The Hall–Kier alpha value is -2.38. The molecule has 126 valence electrons. The van der Waals surface area contributed by atoms with E-state index in [4.69, 9.17) is 8.94 Å². The second kappa shape index (κ2) is 6.80. The zero-order valence-electron chi connectivity index (χ0n) is 14.5. The molecule has 0 bridgehead atoms. The van der Waals surface area contributed by atoms with Gasteiger partial charge in [0.1, 0.15) is 5.76 Å². The zero-order valence-corrected chi connectivity index (χ0v) is 14.5. The van der Waals surface area contributed by atoms with Gasteiger partial charge < -0.3 is 19.6 Å². The van der Waals surface area contributed by atoms with Crippen molar-refractivity contribution in [3.63, 3.8) is 0 Å². The summed E-state index contributed by atoms with van der Waals surface area (Å²) in [5.41, 5.74) is 0.734. The Kier molecular flexibility index (Phi) is 5.02. The highest BCUT2D eigenvalue weighted by Crippen LogP contribution is 2.19. The van der Waals surface area contributed by atoms with E-state index in [2.05, 4.69) is 30.8 Å².